The van der Waals surface area contributed by atoms with E-state index in [1.807, 2.05) is 12.1 Å². The number of carboxylic acids is 3. The van der Waals surface area contributed by atoms with Crippen LogP contribution in [0.5, 0.6) is 0 Å². The largest absolute Gasteiger partial charge is 0.481 e. The van der Waals surface area contributed by atoms with E-state index in [4.69, 9.17) is 20.4 Å². The summed E-state index contributed by atoms with van der Waals surface area (Å²) >= 11 is 0. The Morgan fingerprint density at radius 3 is 2.09 bits per heavy atom. The minimum absolute atomic E-state index is 0.0409. The lowest BCUT2D eigenvalue weighted by atomic mass is 9.80. The van der Waals surface area contributed by atoms with Crippen LogP contribution in [-0.4, -0.2) is 80.9 Å². The third-order valence-electron chi connectivity index (χ3n) is 8.23. The van der Waals surface area contributed by atoms with Gasteiger partial charge in [0.05, 0.1) is 18.4 Å². The van der Waals surface area contributed by atoms with Crippen molar-refractivity contribution in [1.29, 1.82) is 0 Å². The zero-order valence-electron chi connectivity index (χ0n) is 24.7. The first-order valence-corrected chi connectivity index (χ1v) is 14.2. The van der Waals surface area contributed by atoms with Crippen LogP contribution in [0, 0.1) is 5.82 Å². The van der Waals surface area contributed by atoms with Crippen LogP contribution in [0.4, 0.5) is 10.1 Å². The molecule has 43 heavy (non-hydrogen) atoms. The van der Waals surface area contributed by atoms with E-state index in [2.05, 4.69) is 47.3 Å². The molecule has 12 heteroatoms. The molecule has 1 unspecified atom stereocenters. The monoisotopic (exact) mass is 601 g/mol. The van der Waals surface area contributed by atoms with Crippen LogP contribution < -0.4 is 10.2 Å². The molecule has 2 aromatic rings. The Bertz CT molecular complexity index is 1310. The Kier molecular flexibility index (Phi) is 10.9. The molecular formula is C31H40FN3O8. The molecular weight excluding hydrogens is 561 g/mol. The van der Waals surface area contributed by atoms with Gasteiger partial charge in [0.1, 0.15) is 5.82 Å². The number of halogens is 1. The lowest BCUT2D eigenvalue weighted by Crippen LogP contribution is -2.52. The first-order chi connectivity index (χ1) is 20.1. The Morgan fingerprint density at radius 1 is 1.00 bits per heavy atom. The van der Waals surface area contributed by atoms with Crippen molar-refractivity contribution >= 4 is 29.5 Å². The third kappa shape index (κ3) is 8.74. The van der Waals surface area contributed by atoms with E-state index in [0.29, 0.717) is 6.04 Å². The van der Waals surface area contributed by atoms with Crippen molar-refractivity contribution < 1.29 is 44.0 Å². The van der Waals surface area contributed by atoms with Crippen molar-refractivity contribution in [3.63, 3.8) is 0 Å². The van der Waals surface area contributed by atoms with Crippen molar-refractivity contribution in [2.75, 3.05) is 25.0 Å². The van der Waals surface area contributed by atoms with Crippen LogP contribution in [-0.2, 0) is 37.7 Å². The number of likely N-dealkylation sites (tertiary alicyclic amines) is 1. The predicted molar refractivity (Wildman–Crippen MR) is 156 cm³/mol. The lowest BCUT2D eigenvalue weighted by molar-refractivity contribution is -0.170. The first kappa shape index (κ1) is 33.5. The highest BCUT2D eigenvalue weighted by Gasteiger charge is 2.41. The fourth-order valence-electron chi connectivity index (χ4n) is 5.73. The minimum Gasteiger partial charge on any atom is -0.481 e. The van der Waals surface area contributed by atoms with Crippen molar-refractivity contribution in [1.82, 2.24) is 10.2 Å². The summed E-state index contributed by atoms with van der Waals surface area (Å²) in [6.45, 7) is 6.55. The van der Waals surface area contributed by atoms with E-state index in [1.54, 1.807) is 6.92 Å². The van der Waals surface area contributed by atoms with E-state index in [1.165, 1.54) is 35.4 Å². The van der Waals surface area contributed by atoms with Crippen LogP contribution in [0.25, 0.3) is 0 Å². The molecule has 0 aliphatic carbocycles. The normalized spacial score (nSPS) is 18.1. The van der Waals surface area contributed by atoms with Crippen LogP contribution in [0.1, 0.15) is 62.6 Å². The Balaban J connectivity index is 0.000000331. The Hall–Kier alpha value is -4.03. The second kappa shape index (κ2) is 14.0. The molecule has 0 bridgehead atoms. The second-order valence-corrected chi connectivity index (χ2v) is 11.5. The number of piperidine rings is 1. The van der Waals surface area contributed by atoms with Gasteiger partial charge < -0.3 is 30.6 Å². The SMILES string of the molecule is CC(=O)NC1(c2ccc(F)cc2)CCN(Cc2ccc3c(c2)CCC(C)N3C)CC1.O=C(O)CC(O)(CC(=O)O)C(=O)O. The molecule has 2 aromatic carbocycles. The van der Waals surface area contributed by atoms with Crippen molar-refractivity contribution in [3.05, 3.63) is 65.0 Å². The summed E-state index contributed by atoms with van der Waals surface area (Å²) in [5.41, 5.74) is 2.00. The van der Waals surface area contributed by atoms with Gasteiger partial charge in [0.15, 0.2) is 5.60 Å². The first-order valence-electron chi connectivity index (χ1n) is 14.2. The van der Waals surface area contributed by atoms with Gasteiger partial charge in [-0.2, -0.15) is 0 Å². The second-order valence-electron chi connectivity index (χ2n) is 11.5. The van der Waals surface area contributed by atoms with Crippen molar-refractivity contribution in [2.45, 2.75) is 76.1 Å². The van der Waals surface area contributed by atoms with Gasteiger partial charge in [-0.15, -0.1) is 0 Å². The minimum atomic E-state index is -2.74. The zero-order valence-corrected chi connectivity index (χ0v) is 24.7. The number of rotatable bonds is 9. The van der Waals surface area contributed by atoms with E-state index in [-0.39, 0.29) is 11.7 Å². The fraction of sp³-hybridized carbons (Fsp3) is 0.484. The van der Waals surface area contributed by atoms with Gasteiger partial charge in [-0.05, 0) is 67.5 Å². The summed E-state index contributed by atoms with van der Waals surface area (Å²) in [5, 5.41) is 37.0. The number of carbonyl (C=O) groups excluding carboxylic acids is 1. The lowest BCUT2D eigenvalue weighted by Gasteiger charge is -2.43. The topological polar surface area (TPSA) is 168 Å². The van der Waals surface area contributed by atoms with Crippen LogP contribution >= 0.6 is 0 Å². The quantitative estimate of drug-likeness (QED) is 0.288. The standard InChI is InChI=1S/C25H32FN3O.C6H8O7/c1-18-4-6-21-16-20(5-11-24(21)28(18)3)17-29-14-12-25(13-15-29,27-19(2)30)22-7-9-23(26)10-8-22;7-3(8)1-6(13,5(11)12)2-4(9)10/h5,7-11,16,18H,4,6,12-15,17H2,1-3H3,(H,27,30);13H,1-2H2,(H,7,8)(H,9,10)(H,11,12). The molecule has 2 heterocycles. The molecule has 2 aliphatic rings. The summed E-state index contributed by atoms with van der Waals surface area (Å²) in [6.07, 6.45) is 1.70. The average molecular weight is 602 g/mol. The number of benzene rings is 2. The number of aliphatic hydroxyl groups is 1. The molecule has 2 aliphatic heterocycles. The van der Waals surface area contributed by atoms with Gasteiger partial charge in [0.2, 0.25) is 5.91 Å². The number of amides is 1. The summed E-state index contributed by atoms with van der Waals surface area (Å²) in [6, 6.07) is 14.1. The maximum absolute atomic E-state index is 13.4. The van der Waals surface area contributed by atoms with Crippen molar-refractivity contribution in [3.8, 4) is 0 Å². The van der Waals surface area contributed by atoms with Gasteiger partial charge >= 0.3 is 17.9 Å². The number of aliphatic carboxylic acids is 3. The molecule has 1 atom stereocenters. The van der Waals surface area contributed by atoms with E-state index in [0.717, 1.165) is 44.5 Å². The third-order valence-corrected chi connectivity index (χ3v) is 8.23. The van der Waals surface area contributed by atoms with Crippen LogP contribution in [0.15, 0.2) is 42.5 Å². The van der Waals surface area contributed by atoms with E-state index < -0.39 is 41.9 Å². The van der Waals surface area contributed by atoms with E-state index in [9.17, 15) is 23.6 Å². The Morgan fingerprint density at radius 2 is 1.58 bits per heavy atom. The van der Waals surface area contributed by atoms with Crippen LogP contribution in [0.3, 0.4) is 0 Å². The molecule has 0 spiro atoms. The highest BCUT2D eigenvalue weighted by atomic mass is 19.1. The highest BCUT2D eigenvalue weighted by molar-refractivity contribution is 5.88. The number of carboxylic acid groups (broad SMARTS) is 3. The number of fused-ring (bicyclic) bond motifs is 1. The molecule has 1 amide bonds. The molecule has 0 radical (unpaired) electrons. The van der Waals surface area contributed by atoms with Gasteiger partial charge in [0, 0.05) is 45.3 Å². The molecule has 5 N–H and O–H groups in total. The molecule has 0 saturated carbocycles. The molecule has 1 saturated heterocycles. The maximum atomic E-state index is 13.4. The van der Waals surface area contributed by atoms with Gasteiger partial charge in [-0.1, -0.05) is 24.3 Å². The number of nitrogens with zero attached hydrogens (tertiary/aromatic N) is 2. The molecule has 11 nitrogen and oxygen atoms in total. The molecule has 234 valence electrons. The number of aryl methyl sites for hydroxylation is 1. The summed E-state index contributed by atoms with van der Waals surface area (Å²) in [5.74, 6) is -5.31. The number of hydrogen-bond donors (Lipinski definition) is 5. The highest BCUT2D eigenvalue weighted by Crippen LogP contribution is 2.35. The number of anilines is 1. The number of carbonyl (C=O) groups is 4. The van der Waals surface area contributed by atoms with Gasteiger partial charge in [0.25, 0.3) is 0 Å². The van der Waals surface area contributed by atoms with Gasteiger partial charge in [-0.25, -0.2) is 9.18 Å². The molecule has 4 rings (SSSR count). The molecule has 0 aromatic heterocycles. The number of hydrogen-bond acceptors (Lipinski definition) is 7. The maximum Gasteiger partial charge on any atom is 0.336 e. The smallest absolute Gasteiger partial charge is 0.336 e. The Labute approximate surface area is 249 Å². The number of nitrogens with one attached hydrogen (secondary N) is 1. The average Bonchev–Trinajstić information content (AvgIpc) is 2.91. The summed E-state index contributed by atoms with van der Waals surface area (Å²) in [7, 11) is 2.18. The summed E-state index contributed by atoms with van der Waals surface area (Å²) < 4.78 is 13.4. The van der Waals surface area contributed by atoms with Crippen LogP contribution in [0.2, 0.25) is 0 Å². The predicted octanol–water partition coefficient (Wildman–Crippen LogP) is 2.98. The van der Waals surface area contributed by atoms with Crippen molar-refractivity contribution in [2.24, 2.45) is 0 Å². The zero-order chi connectivity index (χ0) is 31.9. The van der Waals surface area contributed by atoms with Gasteiger partial charge in [-0.3, -0.25) is 19.3 Å². The fourth-order valence-corrected chi connectivity index (χ4v) is 5.73. The van der Waals surface area contributed by atoms with E-state index >= 15 is 0 Å². The summed E-state index contributed by atoms with van der Waals surface area (Å²) in [4.78, 5) is 47.2. The molecule has 1 fully saturated rings.